The third-order valence-electron chi connectivity index (χ3n) is 5.79. The average Bonchev–Trinajstić information content (AvgIpc) is 2.67. The topological polar surface area (TPSA) is 110 Å². The Morgan fingerprint density at radius 2 is 1.48 bits per heavy atom. The zero-order valence-electron chi connectivity index (χ0n) is 12.1. The summed E-state index contributed by atoms with van der Waals surface area (Å²) in [6.45, 7) is 5.51. The Kier molecular flexibility index (Phi) is 2.64. The van der Waals surface area contributed by atoms with E-state index >= 15 is 0 Å². The van der Waals surface area contributed by atoms with Gasteiger partial charge in [-0.2, -0.15) is 0 Å². The molecule has 2 bridgehead atoms. The van der Waals surface area contributed by atoms with Crippen molar-refractivity contribution in [3.05, 3.63) is 0 Å². The lowest BCUT2D eigenvalue weighted by atomic mass is 9.70. The lowest BCUT2D eigenvalue weighted by molar-refractivity contribution is -0.238. The van der Waals surface area contributed by atoms with Crippen LogP contribution in [0.3, 0.4) is 0 Å². The van der Waals surface area contributed by atoms with E-state index in [1.807, 2.05) is 13.8 Å². The molecule has 3 rings (SSSR count). The van der Waals surface area contributed by atoms with Gasteiger partial charge < -0.3 is 19.7 Å². The van der Waals surface area contributed by atoms with Crippen LogP contribution in [0.15, 0.2) is 0 Å². The molecule has 1 aliphatic heterocycles. The summed E-state index contributed by atoms with van der Waals surface area (Å²) in [7, 11) is 0. The third-order valence-corrected chi connectivity index (χ3v) is 5.79. The molecule has 0 amide bonds. The minimum atomic E-state index is -2.04. The van der Waals surface area contributed by atoms with Gasteiger partial charge in [0.15, 0.2) is 12.2 Å². The molecule has 2 saturated carbocycles. The molecule has 7 nitrogen and oxygen atoms in total. The number of ether oxygens (including phenoxy) is 2. The Morgan fingerprint density at radius 3 is 1.86 bits per heavy atom. The van der Waals surface area contributed by atoms with Crippen LogP contribution in [-0.2, 0) is 23.9 Å². The number of rotatable bonds is 0. The number of carbonyl (C=O) groups is 3. The average molecular weight is 298 g/mol. The van der Waals surface area contributed by atoms with Gasteiger partial charge in [-0.15, -0.1) is 0 Å². The van der Waals surface area contributed by atoms with Gasteiger partial charge in [0, 0.05) is 5.41 Å². The van der Waals surface area contributed by atoms with Crippen LogP contribution in [0.2, 0.25) is 0 Å². The molecular weight excluding hydrogens is 280 g/mol. The van der Waals surface area contributed by atoms with Gasteiger partial charge in [-0.3, -0.25) is 4.79 Å². The minimum absolute atomic E-state index is 0.473. The van der Waals surface area contributed by atoms with Gasteiger partial charge in [0.1, 0.15) is 0 Å². The predicted molar refractivity (Wildman–Crippen MR) is 66.5 cm³/mol. The van der Waals surface area contributed by atoms with Gasteiger partial charge in [-0.1, -0.05) is 20.8 Å². The smallest absolute Gasteiger partial charge is 0.342 e. The second-order valence-electron chi connectivity index (χ2n) is 6.87. The number of ketones is 1. The van der Waals surface area contributed by atoms with Crippen LogP contribution in [0.4, 0.5) is 0 Å². The maximum atomic E-state index is 12.8. The first-order chi connectivity index (χ1) is 9.58. The van der Waals surface area contributed by atoms with Crippen LogP contribution in [0.25, 0.3) is 0 Å². The van der Waals surface area contributed by atoms with E-state index in [9.17, 15) is 24.6 Å². The predicted octanol–water partition coefficient (Wildman–Crippen LogP) is -0.470. The molecule has 2 aliphatic carbocycles. The monoisotopic (exact) mass is 298 g/mol. The van der Waals surface area contributed by atoms with Crippen LogP contribution < -0.4 is 0 Å². The van der Waals surface area contributed by atoms with Gasteiger partial charge in [-0.25, -0.2) is 9.59 Å². The molecule has 2 N–H and O–H groups in total. The van der Waals surface area contributed by atoms with Crippen LogP contribution in [0.5, 0.6) is 0 Å². The molecule has 21 heavy (non-hydrogen) atoms. The molecule has 3 aliphatic rings. The van der Waals surface area contributed by atoms with Crippen molar-refractivity contribution in [1.29, 1.82) is 0 Å². The van der Waals surface area contributed by atoms with Crippen LogP contribution in [0.1, 0.15) is 33.6 Å². The second kappa shape index (κ2) is 3.84. The highest BCUT2D eigenvalue weighted by Gasteiger charge is 2.78. The summed E-state index contributed by atoms with van der Waals surface area (Å²) in [5.74, 6) is -5.42. The lowest BCUT2D eigenvalue weighted by Gasteiger charge is -2.34. The largest absolute Gasteiger partial charge is 0.413 e. The van der Waals surface area contributed by atoms with Crippen molar-refractivity contribution in [1.82, 2.24) is 0 Å². The van der Waals surface area contributed by atoms with E-state index < -0.39 is 52.5 Å². The number of carbonyl (C=O) groups excluding carboxylic acids is 3. The summed E-state index contributed by atoms with van der Waals surface area (Å²) in [5.41, 5.74) is -1.30. The molecule has 1 saturated heterocycles. The van der Waals surface area contributed by atoms with E-state index in [2.05, 4.69) is 0 Å². The van der Waals surface area contributed by atoms with E-state index in [-0.39, 0.29) is 0 Å². The fourth-order valence-corrected chi connectivity index (χ4v) is 4.05. The summed E-state index contributed by atoms with van der Waals surface area (Å²) in [4.78, 5) is 36.5. The minimum Gasteiger partial charge on any atom is -0.413 e. The number of hydrogen-bond acceptors (Lipinski definition) is 7. The zero-order chi connectivity index (χ0) is 15.8. The highest BCUT2D eigenvalue weighted by atomic mass is 16.8. The van der Waals surface area contributed by atoms with Crippen LogP contribution in [-0.4, -0.2) is 45.9 Å². The standard InChI is InChI=1S/C14H18O7/c1-12(2)6-4-5-13(12,3)11(19)14(6)20-9(17)7(15)8(16)10(18)21-14/h6-8,15-16H,4-5H2,1-3H3. The van der Waals surface area contributed by atoms with Gasteiger partial charge in [-0.05, 0) is 18.3 Å². The summed E-state index contributed by atoms with van der Waals surface area (Å²) in [6, 6.07) is 0. The van der Waals surface area contributed by atoms with Crippen molar-refractivity contribution in [2.45, 2.75) is 51.6 Å². The van der Waals surface area contributed by atoms with Gasteiger partial charge in [0.25, 0.3) is 0 Å². The lowest BCUT2D eigenvalue weighted by Crippen LogP contribution is -2.52. The number of aliphatic hydroxyl groups is 2. The van der Waals surface area contributed by atoms with E-state index in [1.54, 1.807) is 6.92 Å². The molecule has 0 aromatic carbocycles. The van der Waals surface area contributed by atoms with Crippen molar-refractivity contribution in [2.24, 2.45) is 16.7 Å². The van der Waals surface area contributed by atoms with E-state index in [1.165, 1.54) is 0 Å². The SMILES string of the molecule is CC12CCC(C3(OC(=O)C(O)C(O)C(=O)O3)C1=O)C2(C)C. The highest BCUT2D eigenvalue weighted by molar-refractivity contribution is 6.01. The fraction of sp³-hybridized carbons (Fsp3) is 0.786. The summed E-state index contributed by atoms with van der Waals surface area (Å²) < 4.78 is 10.2. The first-order valence-electron chi connectivity index (χ1n) is 6.95. The molecule has 4 unspecified atom stereocenters. The Bertz CT molecular complexity index is 530. The molecule has 1 heterocycles. The highest BCUT2D eigenvalue weighted by Crippen LogP contribution is 2.68. The summed E-state index contributed by atoms with van der Waals surface area (Å²) >= 11 is 0. The molecular formula is C14H18O7. The quantitative estimate of drug-likeness (QED) is 0.582. The number of hydrogen-bond donors (Lipinski definition) is 2. The first-order valence-corrected chi connectivity index (χ1v) is 6.95. The molecule has 4 atom stereocenters. The Balaban J connectivity index is 2.12. The molecule has 7 heteroatoms. The van der Waals surface area contributed by atoms with Gasteiger partial charge in [0.05, 0.1) is 5.92 Å². The zero-order valence-corrected chi connectivity index (χ0v) is 12.1. The number of Topliss-reactive ketones (excluding diaryl/α,β-unsaturated/α-hetero) is 1. The molecule has 0 aromatic rings. The molecule has 0 radical (unpaired) electrons. The van der Waals surface area contributed by atoms with Crippen LogP contribution in [0, 0.1) is 16.7 Å². The van der Waals surface area contributed by atoms with Gasteiger partial charge in [0.2, 0.25) is 5.78 Å². The molecule has 116 valence electrons. The first kappa shape index (κ1) is 14.5. The normalized spacial score (nSPS) is 48.2. The number of aliphatic hydroxyl groups excluding tert-OH is 2. The van der Waals surface area contributed by atoms with Crippen molar-refractivity contribution < 1.29 is 34.1 Å². The third kappa shape index (κ3) is 1.43. The molecule has 0 aromatic heterocycles. The van der Waals surface area contributed by atoms with Crippen molar-refractivity contribution in [3.8, 4) is 0 Å². The van der Waals surface area contributed by atoms with E-state index in [4.69, 9.17) is 9.47 Å². The number of fused-ring (bicyclic) bond motifs is 3. The van der Waals surface area contributed by atoms with E-state index in [0.29, 0.717) is 12.8 Å². The Hall–Kier alpha value is -1.47. The fourth-order valence-electron chi connectivity index (χ4n) is 4.05. The molecule has 3 fully saturated rings. The maximum Gasteiger partial charge on any atom is 0.342 e. The van der Waals surface area contributed by atoms with Crippen molar-refractivity contribution in [3.63, 3.8) is 0 Å². The van der Waals surface area contributed by atoms with Crippen LogP contribution >= 0.6 is 0 Å². The van der Waals surface area contributed by atoms with Crippen molar-refractivity contribution in [2.75, 3.05) is 0 Å². The van der Waals surface area contributed by atoms with Gasteiger partial charge >= 0.3 is 17.7 Å². The maximum absolute atomic E-state index is 12.8. The second-order valence-corrected chi connectivity index (χ2v) is 6.87. The van der Waals surface area contributed by atoms with Crippen molar-refractivity contribution >= 4 is 17.7 Å². The summed E-state index contributed by atoms with van der Waals surface area (Å²) in [5, 5.41) is 19.1. The Labute approximate surface area is 121 Å². The summed E-state index contributed by atoms with van der Waals surface area (Å²) in [6.07, 6.45) is -2.91. The Morgan fingerprint density at radius 1 is 1.00 bits per heavy atom. The van der Waals surface area contributed by atoms with E-state index in [0.717, 1.165) is 0 Å². The molecule has 1 spiro atoms. The number of esters is 2.